The summed E-state index contributed by atoms with van der Waals surface area (Å²) in [4.78, 5) is 8.18. The van der Waals surface area contributed by atoms with E-state index in [-0.39, 0.29) is 6.04 Å². The highest BCUT2D eigenvalue weighted by molar-refractivity contribution is 5.27. The van der Waals surface area contributed by atoms with Gasteiger partial charge in [-0.1, -0.05) is 0 Å². The molecule has 0 saturated heterocycles. The molecule has 0 radical (unpaired) electrons. The van der Waals surface area contributed by atoms with Gasteiger partial charge in [0.1, 0.15) is 0 Å². The molecule has 15 heavy (non-hydrogen) atoms. The van der Waals surface area contributed by atoms with Gasteiger partial charge in [0.25, 0.3) is 0 Å². The molecule has 2 rings (SSSR count). The quantitative estimate of drug-likeness (QED) is 0.790. The predicted octanol–water partition coefficient (Wildman–Crippen LogP) is 0.990. The second kappa shape index (κ2) is 3.78. The van der Waals surface area contributed by atoms with E-state index in [9.17, 15) is 0 Å². The van der Waals surface area contributed by atoms with Gasteiger partial charge in [0.05, 0.1) is 12.4 Å². The topological polar surface area (TPSA) is 69.6 Å². The molecule has 0 bridgehead atoms. The third-order valence-corrected chi connectivity index (χ3v) is 2.30. The third kappa shape index (κ3) is 1.73. The van der Waals surface area contributed by atoms with E-state index in [0.717, 1.165) is 11.3 Å². The Bertz CT molecular complexity index is 446. The molecular formula is C10H13N5. The van der Waals surface area contributed by atoms with Crippen molar-refractivity contribution in [1.29, 1.82) is 0 Å². The highest BCUT2D eigenvalue weighted by Gasteiger charge is 2.11. The third-order valence-electron chi connectivity index (χ3n) is 2.30. The monoisotopic (exact) mass is 203 g/mol. The second-order valence-corrected chi connectivity index (χ2v) is 3.45. The van der Waals surface area contributed by atoms with Crippen molar-refractivity contribution >= 4 is 0 Å². The zero-order valence-electron chi connectivity index (χ0n) is 8.75. The lowest BCUT2D eigenvalue weighted by molar-refractivity contribution is 0.784. The van der Waals surface area contributed by atoms with E-state index in [1.165, 1.54) is 0 Å². The first-order valence-corrected chi connectivity index (χ1v) is 4.76. The van der Waals surface area contributed by atoms with Crippen LogP contribution in [-0.4, -0.2) is 19.7 Å². The van der Waals surface area contributed by atoms with E-state index < -0.39 is 0 Å². The molecule has 5 nitrogen and oxygen atoms in total. The highest BCUT2D eigenvalue weighted by Crippen LogP contribution is 2.16. The first kappa shape index (κ1) is 9.79. The van der Waals surface area contributed by atoms with Gasteiger partial charge in [-0.25, -0.2) is 9.67 Å². The molecule has 78 valence electrons. The SMILES string of the molecule is Cc1c(C(C)N)cnn1-c1cnccn1. The van der Waals surface area contributed by atoms with Crippen LogP contribution in [0.3, 0.4) is 0 Å². The van der Waals surface area contributed by atoms with Crippen molar-refractivity contribution in [2.24, 2.45) is 5.73 Å². The maximum Gasteiger partial charge on any atom is 0.172 e. The van der Waals surface area contributed by atoms with Crippen molar-refractivity contribution in [3.8, 4) is 5.82 Å². The number of aromatic nitrogens is 4. The summed E-state index contributed by atoms with van der Waals surface area (Å²) in [5, 5.41) is 4.24. The maximum absolute atomic E-state index is 5.82. The minimum atomic E-state index is -0.0181. The van der Waals surface area contributed by atoms with Crippen LogP contribution in [0.2, 0.25) is 0 Å². The van der Waals surface area contributed by atoms with Crippen LogP contribution in [0.15, 0.2) is 24.8 Å². The van der Waals surface area contributed by atoms with Crippen molar-refractivity contribution in [1.82, 2.24) is 19.7 Å². The molecule has 0 fully saturated rings. The van der Waals surface area contributed by atoms with E-state index >= 15 is 0 Å². The van der Waals surface area contributed by atoms with Crippen molar-refractivity contribution in [3.05, 3.63) is 36.0 Å². The van der Waals surface area contributed by atoms with Gasteiger partial charge in [0.15, 0.2) is 5.82 Å². The summed E-state index contributed by atoms with van der Waals surface area (Å²) >= 11 is 0. The van der Waals surface area contributed by atoms with Gasteiger partial charge < -0.3 is 5.73 Å². The fourth-order valence-electron chi connectivity index (χ4n) is 1.50. The molecule has 0 aliphatic carbocycles. The molecule has 0 saturated carbocycles. The molecule has 2 aromatic heterocycles. The van der Waals surface area contributed by atoms with Gasteiger partial charge in [-0.2, -0.15) is 5.10 Å². The van der Waals surface area contributed by atoms with Crippen LogP contribution in [0.5, 0.6) is 0 Å². The fraction of sp³-hybridized carbons (Fsp3) is 0.300. The summed E-state index contributed by atoms with van der Waals surface area (Å²) in [5.41, 5.74) is 7.85. The Morgan fingerprint density at radius 2 is 2.13 bits per heavy atom. The number of rotatable bonds is 2. The van der Waals surface area contributed by atoms with Crippen LogP contribution in [0.4, 0.5) is 0 Å². The Balaban J connectivity index is 2.47. The molecule has 0 aliphatic rings. The Labute approximate surface area is 88.0 Å². The maximum atomic E-state index is 5.82. The average molecular weight is 203 g/mol. The van der Waals surface area contributed by atoms with Crippen molar-refractivity contribution in [2.45, 2.75) is 19.9 Å². The molecule has 0 aromatic carbocycles. The van der Waals surface area contributed by atoms with Crippen LogP contribution in [-0.2, 0) is 0 Å². The average Bonchev–Trinajstić information content (AvgIpc) is 2.61. The van der Waals surface area contributed by atoms with Crippen LogP contribution >= 0.6 is 0 Å². The van der Waals surface area contributed by atoms with Crippen LogP contribution in [0.1, 0.15) is 24.2 Å². The van der Waals surface area contributed by atoms with Crippen molar-refractivity contribution in [2.75, 3.05) is 0 Å². The van der Waals surface area contributed by atoms with Gasteiger partial charge in [-0.05, 0) is 13.8 Å². The van der Waals surface area contributed by atoms with E-state index in [1.807, 2.05) is 13.8 Å². The van der Waals surface area contributed by atoms with Crippen molar-refractivity contribution in [3.63, 3.8) is 0 Å². The smallest absolute Gasteiger partial charge is 0.172 e. The molecule has 1 unspecified atom stereocenters. The Hall–Kier alpha value is -1.75. The molecule has 2 aromatic rings. The second-order valence-electron chi connectivity index (χ2n) is 3.45. The number of nitrogens with two attached hydrogens (primary N) is 1. The number of nitrogens with zero attached hydrogens (tertiary/aromatic N) is 4. The van der Waals surface area contributed by atoms with Gasteiger partial charge in [-0.3, -0.25) is 4.98 Å². The molecule has 5 heteroatoms. The molecule has 2 heterocycles. The van der Waals surface area contributed by atoms with Crippen LogP contribution in [0.25, 0.3) is 5.82 Å². The largest absolute Gasteiger partial charge is 0.324 e. The van der Waals surface area contributed by atoms with E-state index in [2.05, 4.69) is 15.1 Å². The minimum absolute atomic E-state index is 0.0181. The molecule has 0 aliphatic heterocycles. The Morgan fingerprint density at radius 3 is 2.67 bits per heavy atom. The minimum Gasteiger partial charge on any atom is -0.324 e. The van der Waals surface area contributed by atoms with Gasteiger partial charge >= 0.3 is 0 Å². The van der Waals surface area contributed by atoms with Gasteiger partial charge in [0.2, 0.25) is 0 Å². The summed E-state index contributed by atoms with van der Waals surface area (Å²) in [6.45, 7) is 3.91. The van der Waals surface area contributed by atoms with E-state index in [1.54, 1.807) is 29.5 Å². The van der Waals surface area contributed by atoms with E-state index in [4.69, 9.17) is 5.73 Å². The lowest BCUT2D eigenvalue weighted by atomic mass is 10.1. The van der Waals surface area contributed by atoms with E-state index in [0.29, 0.717) is 5.82 Å². The molecule has 0 amide bonds. The van der Waals surface area contributed by atoms with Gasteiger partial charge in [-0.15, -0.1) is 0 Å². The lowest BCUT2D eigenvalue weighted by Gasteiger charge is -2.05. The first-order chi connectivity index (χ1) is 7.20. The van der Waals surface area contributed by atoms with Crippen LogP contribution < -0.4 is 5.73 Å². The summed E-state index contributed by atoms with van der Waals surface area (Å²) < 4.78 is 1.74. The molecule has 2 N–H and O–H groups in total. The molecule has 1 atom stereocenters. The van der Waals surface area contributed by atoms with Gasteiger partial charge in [0, 0.05) is 29.7 Å². The molecule has 0 spiro atoms. The summed E-state index contributed by atoms with van der Waals surface area (Å²) in [6.07, 6.45) is 6.72. The standard InChI is InChI=1S/C10H13N5/c1-7(11)9-5-14-15(8(9)2)10-6-12-3-4-13-10/h3-7H,11H2,1-2H3. The summed E-state index contributed by atoms with van der Waals surface area (Å²) in [5.74, 6) is 0.710. The lowest BCUT2D eigenvalue weighted by Crippen LogP contribution is -2.07. The highest BCUT2D eigenvalue weighted by atomic mass is 15.3. The zero-order chi connectivity index (χ0) is 10.8. The molecular weight excluding hydrogens is 190 g/mol. The normalized spacial score (nSPS) is 12.7. The Morgan fingerprint density at radius 1 is 1.33 bits per heavy atom. The number of hydrogen-bond donors (Lipinski definition) is 1. The first-order valence-electron chi connectivity index (χ1n) is 4.76. The van der Waals surface area contributed by atoms with Crippen molar-refractivity contribution < 1.29 is 0 Å². The zero-order valence-corrected chi connectivity index (χ0v) is 8.75. The summed E-state index contributed by atoms with van der Waals surface area (Å²) in [6, 6.07) is -0.0181. The number of hydrogen-bond acceptors (Lipinski definition) is 4. The predicted molar refractivity (Wildman–Crippen MR) is 56.5 cm³/mol. The van der Waals surface area contributed by atoms with Crippen LogP contribution in [0, 0.1) is 6.92 Å². The summed E-state index contributed by atoms with van der Waals surface area (Å²) in [7, 11) is 0. The Kier molecular flexibility index (Phi) is 2.47. The fourth-order valence-corrected chi connectivity index (χ4v) is 1.50.